The monoisotopic (exact) mass is 237 g/mol. The predicted octanol–water partition coefficient (Wildman–Crippen LogP) is 0.805. The number of aromatic nitrogens is 3. The fourth-order valence-corrected chi connectivity index (χ4v) is 1.44. The van der Waals surface area contributed by atoms with Gasteiger partial charge in [-0.25, -0.2) is 9.78 Å². The van der Waals surface area contributed by atoms with Crippen LogP contribution in [0.4, 0.5) is 0 Å². The van der Waals surface area contributed by atoms with Gasteiger partial charge in [-0.05, 0) is 13.0 Å². The third-order valence-electron chi connectivity index (χ3n) is 2.13. The average molecular weight is 237 g/mol. The summed E-state index contributed by atoms with van der Waals surface area (Å²) >= 11 is 0. The van der Waals surface area contributed by atoms with Gasteiger partial charge in [-0.15, -0.1) is 4.85 Å². The van der Waals surface area contributed by atoms with E-state index in [0.717, 1.165) is 0 Å². The van der Waals surface area contributed by atoms with Gasteiger partial charge in [0.25, 0.3) is 5.88 Å². The van der Waals surface area contributed by atoms with E-state index >= 15 is 0 Å². The van der Waals surface area contributed by atoms with Gasteiger partial charge in [0.05, 0.1) is 19.9 Å². The van der Waals surface area contributed by atoms with Crippen LogP contribution in [-0.4, -0.2) is 39.8 Å². The van der Waals surface area contributed by atoms with Crippen LogP contribution in [0.5, 0.6) is 5.88 Å². The number of hydrogen-bond donors (Lipinski definition) is 1. The number of carbonyl (C=O) groups excluding carboxylic acids is 1. The molecule has 7 nitrogen and oxygen atoms in total. The fraction of sp³-hybridized carbons (Fsp3) is 0.300. The summed E-state index contributed by atoms with van der Waals surface area (Å²) in [5.41, 5.74) is 1.11. The SMILES string of the molecule is CCOC(=O)c1cc2cn(O)nc(OC)c-2n1. The van der Waals surface area contributed by atoms with E-state index in [1.54, 1.807) is 6.92 Å². The van der Waals surface area contributed by atoms with Gasteiger partial charge in [0.2, 0.25) is 0 Å². The first-order valence-corrected chi connectivity index (χ1v) is 4.96. The number of carbonyl (C=O) groups is 1. The zero-order valence-corrected chi connectivity index (χ0v) is 9.38. The van der Waals surface area contributed by atoms with Gasteiger partial charge in [-0.3, -0.25) is 0 Å². The minimum atomic E-state index is -0.518. The van der Waals surface area contributed by atoms with E-state index in [0.29, 0.717) is 16.1 Å². The molecule has 2 aliphatic rings. The van der Waals surface area contributed by atoms with Crippen molar-refractivity contribution < 1.29 is 19.5 Å². The molecule has 0 aliphatic carbocycles. The van der Waals surface area contributed by atoms with Crippen LogP contribution in [0, 0.1) is 0 Å². The first-order chi connectivity index (χ1) is 8.15. The topological polar surface area (TPSA) is 86.5 Å². The normalized spacial score (nSPS) is 10.5. The Balaban J connectivity index is 2.49. The number of hydrogen-bond acceptors (Lipinski definition) is 6. The predicted molar refractivity (Wildman–Crippen MR) is 56.3 cm³/mol. The Morgan fingerprint density at radius 2 is 2.35 bits per heavy atom. The molecule has 0 fully saturated rings. The molecule has 0 amide bonds. The molecule has 0 saturated heterocycles. The lowest BCUT2D eigenvalue weighted by Gasteiger charge is -2.04. The molecule has 17 heavy (non-hydrogen) atoms. The highest BCUT2D eigenvalue weighted by atomic mass is 16.5. The zero-order valence-electron chi connectivity index (χ0n) is 9.38. The number of ether oxygens (including phenoxy) is 2. The highest BCUT2D eigenvalue weighted by Gasteiger charge is 2.21. The number of esters is 1. The molecule has 2 rings (SSSR count). The lowest BCUT2D eigenvalue weighted by Crippen LogP contribution is -2.05. The Hall–Kier alpha value is -2.31. The molecule has 0 bridgehead atoms. The van der Waals surface area contributed by atoms with Crippen LogP contribution in [0.2, 0.25) is 0 Å². The van der Waals surface area contributed by atoms with Gasteiger partial charge in [-0.1, -0.05) is 5.10 Å². The van der Waals surface area contributed by atoms with Crippen LogP contribution in [0.15, 0.2) is 12.3 Å². The Morgan fingerprint density at radius 1 is 1.59 bits per heavy atom. The van der Waals surface area contributed by atoms with E-state index in [2.05, 4.69) is 10.1 Å². The minimum Gasteiger partial charge on any atom is -0.478 e. The van der Waals surface area contributed by atoms with Crippen molar-refractivity contribution in [3.8, 4) is 17.1 Å². The first-order valence-electron chi connectivity index (χ1n) is 4.96. The Morgan fingerprint density at radius 3 is 3.00 bits per heavy atom. The average Bonchev–Trinajstić information content (AvgIpc) is 2.71. The second-order valence-corrected chi connectivity index (χ2v) is 3.22. The van der Waals surface area contributed by atoms with Gasteiger partial charge in [0.1, 0.15) is 11.4 Å². The second-order valence-electron chi connectivity index (χ2n) is 3.22. The fourth-order valence-electron chi connectivity index (χ4n) is 1.44. The molecule has 90 valence electrons. The van der Waals surface area contributed by atoms with Gasteiger partial charge in [-0.2, -0.15) is 0 Å². The van der Waals surface area contributed by atoms with E-state index < -0.39 is 5.97 Å². The number of methoxy groups -OCH3 is 1. The molecule has 1 N–H and O–H groups in total. The molecule has 2 aliphatic heterocycles. The second kappa shape index (κ2) is 4.28. The smallest absolute Gasteiger partial charge is 0.356 e. The maximum atomic E-state index is 11.5. The van der Waals surface area contributed by atoms with Crippen molar-refractivity contribution >= 4 is 5.97 Å². The molecule has 0 aromatic carbocycles. The number of rotatable bonds is 3. The zero-order chi connectivity index (χ0) is 12.4. The largest absolute Gasteiger partial charge is 0.478 e. The Labute approximate surface area is 96.9 Å². The third-order valence-corrected chi connectivity index (χ3v) is 2.13. The summed E-state index contributed by atoms with van der Waals surface area (Å²) in [5, 5.41) is 12.9. The minimum absolute atomic E-state index is 0.139. The molecule has 7 heteroatoms. The molecule has 2 heterocycles. The highest BCUT2D eigenvalue weighted by Crippen LogP contribution is 2.29. The van der Waals surface area contributed by atoms with Crippen LogP contribution in [-0.2, 0) is 4.74 Å². The van der Waals surface area contributed by atoms with Crippen molar-refractivity contribution in [1.82, 2.24) is 14.9 Å². The number of nitrogens with zero attached hydrogens (tertiary/aromatic N) is 3. The molecule has 0 aromatic heterocycles. The lowest BCUT2D eigenvalue weighted by atomic mass is 10.2. The Bertz CT molecular complexity index is 523. The summed E-state index contributed by atoms with van der Waals surface area (Å²) in [6.45, 7) is 1.99. The van der Waals surface area contributed by atoms with E-state index in [1.807, 2.05) is 0 Å². The Kier molecular flexibility index (Phi) is 2.82. The van der Waals surface area contributed by atoms with Gasteiger partial charge >= 0.3 is 5.97 Å². The summed E-state index contributed by atoms with van der Waals surface area (Å²) in [5.74, 6) is -0.379. The molecule has 0 spiro atoms. The molecule has 0 unspecified atom stereocenters. The summed E-state index contributed by atoms with van der Waals surface area (Å²) in [4.78, 5) is 16.1. The molecular formula is C10H11N3O4. The van der Waals surface area contributed by atoms with Gasteiger partial charge < -0.3 is 14.7 Å². The van der Waals surface area contributed by atoms with E-state index in [9.17, 15) is 10.0 Å². The lowest BCUT2D eigenvalue weighted by molar-refractivity contribution is 0.0520. The first kappa shape index (κ1) is 11.2. The van der Waals surface area contributed by atoms with Crippen LogP contribution < -0.4 is 4.74 Å². The molecule has 0 saturated carbocycles. The maximum absolute atomic E-state index is 11.5. The van der Waals surface area contributed by atoms with Crippen molar-refractivity contribution in [3.05, 3.63) is 18.0 Å². The number of fused-ring (bicyclic) bond motifs is 1. The molecule has 0 aromatic rings. The molecule has 0 atom stereocenters. The van der Waals surface area contributed by atoms with Crippen LogP contribution in [0.25, 0.3) is 11.3 Å². The van der Waals surface area contributed by atoms with Crippen molar-refractivity contribution in [2.45, 2.75) is 6.92 Å². The standard InChI is InChI=1S/C10H11N3O4/c1-3-17-10(14)7-4-6-5-13(15)12-9(16-2)8(6)11-7/h4-5,15H,3H2,1-2H3. The van der Waals surface area contributed by atoms with E-state index in [-0.39, 0.29) is 18.2 Å². The van der Waals surface area contributed by atoms with Crippen LogP contribution >= 0.6 is 0 Å². The van der Waals surface area contributed by atoms with Gasteiger partial charge in [0, 0.05) is 5.56 Å². The third kappa shape index (κ3) is 1.99. The van der Waals surface area contributed by atoms with Crippen molar-refractivity contribution in [2.24, 2.45) is 0 Å². The highest BCUT2D eigenvalue weighted by molar-refractivity contribution is 5.91. The van der Waals surface area contributed by atoms with Crippen LogP contribution in [0.3, 0.4) is 0 Å². The van der Waals surface area contributed by atoms with Crippen molar-refractivity contribution in [3.63, 3.8) is 0 Å². The van der Waals surface area contributed by atoms with Crippen molar-refractivity contribution in [2.75, 3.05) is 13.7 Å². The van der Waals surface area contributed by atoms with Crippen LogP contribution in [0.1, 0.15) is 17.4 Å². The summed E-state index contributed by atoms with van der Waals surface area (Å²) in [6.07, 6.45) is 1.33. The van der Waals surface area contributed by atoms with Gasteiger partial charge in [0.15, 0.2) is 0 Å². The summed E-state index contributed by atoms with van der Waals surface area (Å²) < 4.78 is 9.78. The summed E-state index contributed by atoms with van der Waals surface area (Å²) in [7, 11) is 1.40. The summed E-state index contributed by atoms with van der Waals surface area (Å²) in [6, 6.07) is 1.50. The molecular weight excluding hydrogens is 226 g/mol. The van der Waals surface area contributed by atoms with Crippen molar-refractivity contribution in [1.29, 1.82) is 0 Å². The molecule has 0 radical (unpaired) electrons. The quantitative estimate of drug-likeness (QED) is 0.627. The van der Waals surface area contributed by atoms with E-state index in [4.69, 9.17) is 9.47 Å². The van der Waals surface area contributed by atoms with E-state index in [1.165, 1.54) is 19.4 Å². The maximum Gasteiger partial charge on any atom is 0.356 e.